The van der Waals surface area contributed by atoms with E-state index in [1.807, 2.05) is 24.3 Å². The Morgan fingerprint density at radius 2 is 0.944 bits per heavy atom. The molecular formula is C49H29N5. The fourth-order valence-corrected chi connectivity index (χ4v) is 8.70. The Hall–Kier alpha value is -7.37. The van der Waals surface area contributed by atoms with Crippen molar-refractivity contribution >= 4 is 70.7 Å². The second-order valence-electron chi connectivity index (χ2n) is 14.1. The lowest BCUT2D eigenvalue weighted by atomic mass is 10.0. The summed E-state index contributed by atoms with van der Waals surface area (Å²) in [6.07, 6.45) is 0. The van der Waals surface area contributed by atoms with Crippen LogP contribution in [0.5, 0.6) is 0 Å². The first kappa shape index (κ1) is 29.2. The molecule has 250 valence electrons. The normalized spacial score (nSPS) is 12.1. The number of benzene rings is 8. The molecule has 0 bridgehead atoms. The molecule has 12 rings (SSSR count). The van der Waals surface area contributed by atoms with Crippen molar-refractivity contribution < 1.29 is 0 Å². The van der Waals surface area contributed by atoms with Crippen LogP contribution >= 0.6 is 0 Å². The van der Waals surface area contributed by atoms with Crippen molar-refractivity contribution in [3.63, 3.8) is 0 Å². The summed E-state index contributed by atoms with van der Waals surface area (Å²) >= 11 is 0. The molecule has 0 aliphatic carbocycles. The quantitative estimate of drug-likeness (QED) is 0.185. The highest BCUT2D eigenvalue weighted by molar-refractivity contribution is 6.33. The zero-order valence-corrected chi connectivity index (χ0v) is 29.0. The average Bonchev–Trinajstić information content (AvgIpc) is 3.73. The van der Waals surface area contributed by atoms with E-state index in [4.69, 9.17) is 15.0 Å². The number of hydrogen-bond acceptors (Lipinski definition) is 3. The van der Waals surface area contributed by atoms with E-state index in [0.29, 0.717) is 17.6 Å². The molecule has 0 spiro atoms. The number of fused-ring (bicyclic) bond motifs is 7. The van der Waals surface area contributed by atoms with E-state index in [2.05, 4.69) is 161 Å². The molecule has 0 aliphatic rings. The first-order valence-corrected chi connectivity index (χ1v) is 18.3. The first-order chi connectivity index (χ1) is 26.8. The molecule has 54 heavy (non-hydrogen) atoms. The van der Waals surface area contributed by atoms with Crippen molar-refractivity contribution in [1.82, 2.24) is 23.9 Å². The van der Waals surface area contributed by atoms with Gasteiger partial charge in [-0.25, -0.2) is 4.98 Å². The maximum Gasteiger partial charge on any atom is 0.238 e. The number of aromatic nitrogens is 5. The number of hydrogen-bond donors (Lipinski definition) is 0. The molecule has 0 amide bonds. The maximum atomic E-state index is 5.32. The van der Waals surface area contributed by atoms with Gasteiger partial charge in [-0.3, -0.25) is 4.57 Å². The van der Waals surface area contributed by atoms with Crippen molar-refractivity contribution in [2.24, 2.45) is 0 Å². The summed E-state index contributed by atoms with van der Waals surface area (Å²) in [5.74, 6) is 1.84. The molecule has 0 N–H and O–H groups in total. The largest absolute Gasteiger partial charge is 0.308 e. The summed E-state index contributed by atoms with van der Waals surface area (Å²) in [5.41, 5.74) is 9.83. The van der Waals surface area contributed by atoms with Crippen molar-refractivity contribution in [3.8, 4) is 39.9 Å². The van der Waals surface area contributed by atoms with Crippen LogP contribution in [0.2, 0.25) is 0 Å². The molecule has 4 heterocycles. The minimum atomic E-state index is 0.586. The van der Waals surface area contributed by atoms with Gasteiger partial charge in [-0.2, -0.15) is 9.97 Å². The Balaban J connectivity index is 1.23. The molecule has 5 heteroatoms. The molecule has 0 unspecified atom stereocenters. The van der Waals surface area contributed by atoms with Gasteiger partial charge in [0.15, 0.2) is 11.6 Å². The summed E-state index contributed by atoms with van der Waals surface area (Å²) in [5, 5.41) is 9.71. The summed E-state index contributed by atoms with van der Waals surface area (Å²) in [6.45, 7) is 0. The zero-order chi connectivity index (χ0) is 35.3. The minimum Gasteiger partial charge on any atom is -0.308 e. The molecule has 0 atom stereocenters. The molecule has 4 aromatic heterocycles. The van der Waals surface area contributed by atoms with Crippen LogP contribution in [0.3, 0.4) is 0 Å². The van der Waals surface area contributed by atoms with Gasteiger partial charge in [0, 0.05) is 38.1 Å². The van der Waals surface area contributed by atoms with Crippen molar-refractivity contribution in [2.75, 3.05) is 0 Å². The van der Waals surface area contributed by atoms with E-state index in [9.17, 15) is 0 Å². The average molecular weight is 688 g/mol. The molecule has 0 aliphatic heterocycles. The maximum absolute atomic E-state index is 5.32. The molecule has 8 aromatic carbocycles. The smallest absolute Gasteiger partial charge is 0.238 e. The molecule has 0 fully saturated rings. The number of rotatable bonds is 4. The van der Waals surface area contributed by atoms with Gasteiger partial charge < -0.3 is 4.40 Å². The third-order valence-corrected chi connectivity index (χ3v) is 11.1. The predicted molar refractivity (Wildman–Crippen MR) is 223 cm³/mol. The summed E-state index contributed by atoms with van der Waals surface area (Å²) in [7, 11) is 0. The van der Waals surface area contributed by atoms with E-state index in [1.165, 1.54) is 59.6 Å². The van der Waals surface area contributed by atoms with Gasteiger partial charge in [-0.1, -0.05) is 140 Å². The van der Waals surface area contributed by atoms with Crippen molar-refractivity contribution in [3.05, 3.63) is 176 Å². The highest BCUT2D eigenvalue weighted by atomic mass is 15.2. The molecule has 0 saturated heterocycles. The lowest BCUT2D eigenvalue weighted by Gasteiger charge is -2.12. The fraction of sp³-hybridized carbons (Fsp3) is 0. The second-order valence-corrected chi connectivity index (χ2v) is 14.1. The lowest BCUT2D eigenvalue weighted by Crippen LogP contribution is -2.06. The van der Waals surface area contributed by atoms with E-state index < -0.39 is 0 Å². The van der Waals surface area contributed by atoms with E-state index in [-0.39, 0.29) is 0 Å². The standard InChI is InChI=1S/C49H29N5/c1-3-13-30(14-4-1)32-19-11-20-35(27-32)48-50-47(31-15-5-2-6-16-31)51-49(52-48)54-41-24-12-22-37-39-28-33-17-7-8-18-34(33)29-43(39)53-40-23-10-9-21-36(40)38-25-26-42(54)45(44(37)41)46(38)53/h1-29H. The molecule has 0 radical (unpaired) electrons. The predicted octanol–water partition coefficient (Wildman–Crippen LogP) is 12.3. The van der Waals surface area contributed by atoms with Crippen LogP contribution in [-0.4, -0.2) is 23.9 Å². The lowest BCUT2D eigenvalue weighted by molar-refractivity contribution is 0.954. The Labute approximate surface area is 309 Å². The Kier molecular flexibility index (Phi) is 5.99. The third kappa shape index (κ3) is 4.12. The summed E-state index contributed by atoms with van der Waals surface area (Å²) < 4.78 is 4.74. The Bertz CT molecular complexity index is 3430. The Morgan fingerprint density at radius 3 is 1.78 bits per heavy atom. The monoisotopic (exact) mass is 687 g/mol. The van der Waals surface area contributed by atoms with Crippen LogP contribution in [-0.2, 0) is 0 Å². The minimum absolute atomic E-state index is 0.586. The summed E-state index contributed by atoms with van der Waals surface area (Å²) in [6, 6.07) is 62.5. The van der Waals surface area contributed by atoms with Crippen molar-refractivity contribution in [2.45, 2.75) is 0 Å². The highest BCUT2D eigenvalue weighted by Crippen LogP contribution is 2.45. The second kappa shape index (κ2) is 11.1. The van der Waals surface area contributed by atoms with Crippen molar-refractivity contribution in [1.29, 1.82) is 0 Å². The van der Waals surface area contributed by atoms with Gasteiger partial charge in [0.05, 0.1) is 27.6 Å². The van der Waals surface area contributed by atoms with Gasteiger partial charge in [0.1, 0.15) is 0 Å². The van der Waals surface area contributed by atoms with E-state index >= 15 is 0 Å². The molecule has 12 aromatic rings. The zero-order valence-electron chi connectivity index (χ0n) is 29.0. The van der Waals surface area contributed by atoms with E-state index in [1.54, 1.807) is 0 Å². The van der Waals surface area contributed by atoms with Gasteiger partial charge in [-0.15, -0.1) is 0 Å². The van der Waals surface area contributed by atoms with Crippen LogP contribution in [0.25, 0.3) is 111 Å². The molecule has 0 saturated carbocycles. The SMILES string of the molecule is c1ccc(-c2cccc(-c3nc(-c4ccccc4)nc(-n4c5cccc6c7cc8ccccc8cc7n7c8ccccc8c8ccc4c(c65)c87)n3)c2)cc1. The molecular weight excluding hydrogens is 659 g/mol. The van der Waals surface area contributed by atoms with Gasteiger partial charge in [-0.05, 0) is 63.7 Å². The third-order valence-electron chi connectivity index (χ3n) is 11.1. The highest BCUT2D eigenvalue weighted by Gasteiger charge is 2.25. The fourth-order valence-electron chi connectivity index (χ4n) is 8.70. The molecule has 5 nitrogen and oxygen atoms in total. The van der Waals surface area contributed by atoms with Crippen LogP contribution in [0.15, 0.2) is 176 Å². The van der Waals surface area contributed by atoms with Crippen LogP contribution in [0, 0.1) is 0 Å². The van der Waals surface area contributed by atoms with Crippen LogP contribution in [0.1, 0.15) is 0 Å². The van der Waals surface area contributed by atoms with E-state index in [0.717, 1.165) is 33.3 Å². The number of para-hydroxylation sites is 1. The Morgan fingerprint density at radius 1 is 0.333 bits per heavy atom. The van der Waals surface area contributed by atoms with Crippen LogP contribution < -0.4 is 0 Å². The first-order valence-electron chi connectivity index (χ1n) is 18.3. The van der Waals surface area contributed by atoms with Gasteiger partial charge in [0.25, 0.3) is 0 Å². The summed E-state index contributed by atoms with van der Waals surface area (Å²) in [4.78, 5) is 15.7. The van der Waals surface area contributed by atoms with Gasteiger partial charge >= 0.3 is 0 Å². The van der Waals surface area contributed by atoms with Gasteiger partial charge in [0.2, 0.25) is 5.95 Å². The van der Waals surface area contributed by atoms with Crippen LogP contribution in [0.4, 0.5) is 0 Å². The number of nitrogens with zero attached hydrogens (tertiary/aromatic N) is 5. The topological polar surface area (TPSA) is 48.0 Å².